The third-order valence-electron chi connectivity index (χ3n) is 4.26. The molecule has 2 aliphatic heterocycles. The van der Waals surface area contributed by atoms with Crippen molar-refractivity contribution in [3.63, 3.8) is 0 Å². The minimum Gasteiger partial charge on any atom is -0.377 e. The summed E-state index contributed by atoms with van der Waals surface area (Å²) in [5, 5.41) is 3.42. The Morgan fingerprint density at radius 2 is 2.48 bits per heavy atom. The molecular formula is C16H25N3O2. The maximum atomic E-state index is 6.33. The topological polar surface area (TPSA) is 46.6 Å². The predicted molar refractivity (Wildman–Crippen MR) is 81.1 cm³/mol. The molecule has 0 aliphatic carbocycles. The summed E-state index contributed by atoms with van der Waals surface area (Å²) < 4.78 is 12.0. The molecular weight excluding hydrogens is 266 g/mol. The lowest BCUT2D eigenvalue weighted by Gasteiger charge is -2.28. The summed E-state index contributed by atoms with van der Waals surface area (Å²) in [6.45, 7) is 5.22. The van der Waals surface area contributed by atoms with E-state index in [0.717, 1.165) is 52.2 Å². The standard InChI is InChI=1S/C16H25N3O2/c1-19(10-14-3-2-6-17-9-14)11-15-4-5-16(21-15)12-18-7-8-20-13-16/h2-3,6,9,15,18H,4-5,7-8,10-13H2,1H3/t15-,16-/m0/s1. The summed E-state index contributed by atoms with van der Waals surface area (Å²) in [6, 6.07) is 4.10. The first-order valence-corrected chi connectivity index (χ1v) is 7.80. The van der Waals surface area contributed by atoms with Crippen LogP contribution in [0.2, 0.25) is 0 Å². The Hall–Kier alpha value is -1.01. The second-order valence-corrected chi connectivity index (χ2v) is 6.25. The first-order valence-electron chi connectivity index (χ1n) is 7.80. The molecule has 3 heterocycles. The monoisotopic (exact) mass is 291 g/mol. The normalized spacial score (nSPS) is 29.9. The van der Waals surface area contributed by atoms with E-state index in [0.29, 0.717) is 6.10 Å². The molecule has 0 aromatic carbocycles. The van der Waals surface area contributed by atoms with Crippen LogP contribution in [-0.2, 0) is 16.0 Å². The maximum absolute atomic E-state index is 6.33. The number of ether oxygens (including phenoxy) is 2. The summed E-state index contributed by atoms with van der Waals surface area (Å²) in [5.41, 5.74) is 1.14. The lowest BCUT2D eigenvalue weighted by molar-refractivity contribution is -0.0834. The molecule has 5 heteroatoms. The molecule has 1 spiro atoms. The minimum absolute atomic E-state index is 0.101. The molecule has 5 nitrogen and oxygen atoms in total. The van der Waals surface area contributed by atoms with E-state index in [1.807, 2.05) is 18.5 Å². The summed E-state index contributed by atoms with van der Waals surface area (Å²) >= 11 is 0. The highest BCUT2D eigenvalue weighted by Crippen LogP contribution is 2.31. The molecule has 21 heavy (non-hydrogen) atoms. The second kappa shape index (κ2) is 6.83. The zero-order chi connectivity index (χ0) is 14.5. The Morgan fingerprint density at radius 1 is 1.52 bits per heavy atom. The fraction of sp³-hybridized carbons (Fsp3) is 0.688. The number of nitrogens with one attached hydrogen (secondary N) is 1. The van der Waals surface area contributed by atoms with Crippen molar-refractivity contribution in [1.82, 2.24) is 15.2 Å². The van der Waals surface area contributed by atoms with Crippen LogP contribution in [0, 0.1) is 0 Å². The van der Waals surface area contributed by atoms with Crippen LogP contribution in [0.3, 0.4) is 0 Å². The van der Waals surface area contributed by atoms with Crippen molar-refractivity contribution in [2.24, 2.45) is 0 Å². The number of nitrogens with zero attached hydrogens (tertiary/aromatic N) is 2. The van der Waals surface area contributed by atoms with Crippen LogP contribution >= 0.6 is 0 Å². The largest absolute Gasteiger partial charge is 0.377 e. The first-order chi connectivity index (χ1) is 10.3. The van der Waals surface area contributed by atoms with Crippen LogP contribution in [0.1, 0.15) is 18.4 Å². The van der Waals surface area contributed by atoms with Crippen molar-refractivity contribution in [2.45, 2.75) is 31.1 Å². The van der Waals surface area contributed by atoms with Crippen LogP contribution in [0.15, 0.2) is 24.5 Å². The Balaban J connectivity index is 1.50. The molecule has 3 rings (SSSR count). The quantitative estimate of drug-likeness (QED) is 0.898. The molecule has 1 aromatic rings. The molecule has 1 aromatic heterocycles. The average molecular weight is 291 g/mol. The van der Waals surface area contributed by atoms with Crippen molar-refractivity contribution >= 4 is 0 Å². The lowest BCUT2D eigenvalue weighted by atomic mass is 10.0. The number of rotatable bonds is 4. The van der Waals surface area contributed by atoms with Gasteiger partial charge < -0.3 is 14.8 Å². The number of hydrogen-bond acceptors (Lipinski definition) is 5. The van der Waals surface area contributed by atoms with Gasteiger partial charge in [0.15, 0.2) is 0 Å². The molecule has 0 unspecified atom stereocenters. The van der Waals surface area contributed by atoms with Crippen LogP contribution in [0.5, 0.6) is 0 Å². The summed E-state index contributed by atoms with van der Waals surface area (Å²) in [5.74, 6) is 0. The Morgan fingerprint density at radius 3 is 3.33 bits per heavy atom. The van der Waals surface area contributed by atoms with Gasteiger partial charge in [-0.15, -0.1) is 0 Å². The van der Waals surface area contributed by atoms with Gasteiger partial charge in [-0.2, -0.15) is 0 Å². The molecule has 0 saturated carbocycles. The van der Waals surface area contributed by atoms with Crippen molar-refractivity contribution in [3.05, 3.63) is 30.1 Å². The van der Waals surface area contributed by atoms with Crippen LogP contribution < -0.4 is 5.32 Å². The van der Waals surface area contributed by atoms with E-state index in [1.54, 1.807) is 0 Å². The Labute approximate surface area is 126 Å². The number of aromatic nitrogens is 1. The van der Waals surface area contributed by atoms with Gasteiger partial charge in [-0.1, -0.05) is 6.07 Å². The van der Waals surface area contributed by atoms with Crippen LogP contribution in [0.4, 0.5) is 0 Å². The molecule has 0 radical (unpaired) electrons. The van der Waals surface area contributed by atoms with Gasteiger partial charge in [-0.3, -0.25) is 9.88 Å². The SMILES string of the molecule is CN(Cc1cccnc1)C[C@@H]1CC[C@@]2(CNCCOC2)O1. The summed E-state index contributed by atoms with van der Waals surface area (Å²) in [7, 11) is 2.14. The smallest absolute Gasteiger partial charge is 0.104 e. The molecule has 2 fully saturated rings. The van der Waals surface area contributed by atoms with Crippen molar-refractivity contribution < 1.29 is 9.47 Å². The fourth-order valence-corrected chi connectivity index (χ4v) is 3.25. The average Bonchev–Trinajstić information content (AvgIpc) is 2.72. The molecule has 1 N–H and O–H groups in total. The van der Waals surface area contributed by atoms with E-state index in [2.05, 4.69) is 28.3 Å². The van der Waals surface area contributed by atoms with Gasteiger partial charge in [-0.05, 0) is 31.5 Å². The van der Waals surface area contributed by atoms with Crippen molar-refractivity contribution in [1.29, 1.82) is 0 Å². The van der Waals surface area contributed by atoms with Crippen LogP contribution in [0.25, 0.3) is 0 Å². The van der Waals surface area contributed by atoms with E-state index < -0.39 is 0 Å². The molecule has 2 atom stereocenters. The highest BCUT2D eigenvalue weighted by atomic mass is 16.6. The Kier molecular flexibility index (Phi) is 4.85. The first kappa shape index (κ1) is 14.9. The molecule has 2 saturated heterocycles. The van der Waals surface area contributed by atoms with Gasteiger partial charge in [-0.25, -0.2) is 0 Å². The van der Waals surface area contributed by atoms with Crippen molar-refractivity contribution in [2.75, 3.05) is 39.9 Å². The van der Waals surface area contributed by atoms with Gasteiger partial charge in [0.2, 0.25) is 0 Å². The van der Waals surface area contributed by atoms with E-state index in [-0.39, 0.29) is 5.60 Å². The maximum Gasteiger partial charge on any atom is 0.104 e. The second-order valence-electron chi connectivity index (χ2n) is 6.25. The van der Waals surface area contributed by atoms with Crippen LogP contribution in [-0.4, -0.2) is 61.5 Å². The summed E-state index contributed by atoms with van der Waals surface area (Å²) in [4.78, 5) is 6.48. The van der Waals surface area contributed by atoms with Gasteiger partial charge >= 0.3 is 0 Å². The predicted octanol–water partition coefficient (Wildman–Crippen LogP) is 1.05. The summed E-state index contributed by atoms with van der Waals surface area (Å²) in [6.07, 6.45) is 6.24. The van der Waals surface area contributed by atoms with Gasteiger partial charge in [0.25, 0.3) is 0 Å². The zero-order valence-electron chi connectivity index (χ0n) is 12.8. The number of pyridine rings is 1. The highest BCUT2D eigenvalue weighted by molar-refractivity contribution is 5.08. The van der Waals surface area contributed by atoms with Crippen molar-refractivity contribution in [3.8, 4) is 0 Å². The third-order valence-corrected chi connectivity index (χ3v) is 4.26. The highest BCUT2D eigenvalue weighted by Gasteiger charge is 2.41. The third kappa shape index (κ3) is 4.01. The Bertz CT molecular complexity index is 432. The zero-order valence-corrected chi connectivity index (χ0v) is 12.8. The van der Waals surface area contributed by atoms with Gasteiger partial charge in [0.05, 0.1) is 19.3 Å². The van der Waals surface area contributed by atoms with E-state index in [9.17, 15) is 0 Å². The molecule has 116 valence electrons. The molecule has 0 amide bonds. The lowest BCUT2D eigenvalue weighted by Crippen LogP contribution is -2.43. The number of hydrogen-bond donors (Lipinski definition) is 1. The van der Waals surface area contributed by atoms with Gasteiger partial charge in [0, 0.05) is 38.6 Å². The molecule has 2 aliphatic rings. The minimum atomic E-state index is -0.101. The van der Waals surface area contributed by atoms with E-state index in [4.69, 9.17) is 9.47 Å². The number of likely N-dealkylation sites (N-methyl/N-ethyl adjacent to an activating group) is 1. The fourth-order valence-electron chi connectivity index (χ4n) is 3.25. The van der Waals surface area contributed by atoms with Gasteiger partial charge in [0.1, 0.15) is 5.60 Å². The van der Waals surface area contributed by atoms with E-state index in [1.165, 1.54) is 5.56 Å². The van der Waals surface area contributed by atoms with E-state index >= 15 is 0 Å². The molecule has 0 bridgehead atoms.